The second-order valence-corrected chi connectivity index (χ2v) is 6.10. The predicted octanol–water partition coefficient (Wildman–Crippen LogP) is 0.596. The zero-order valence-electron chi connectivity index (χ0n) is 16.7. The lowest BCUT2D eigenvalue weighted by Gasteiger charge is -2.14. The third kappa shape index (κ3) is 4.15. The summed E-state index contributed by atoms with van der Waals surface area (Å²) in [6, 6.07) is 4.70. The zero-order chi connectivity index (χ0) is 21.7. The zero-order valence-corrected chi connectivity index (χ0v) is 16.7. The van der Waals surface area contributed by atoms with E-state index in [2.05, 4.69) is 0 Å². The van der Waals surface area contributed by atoms with Crippen LogP contribution in [-0.2, 0) is 18.3 Å². The number of rotatable bonds is 8. The SMILES string of the molecule is CCCn1c(N)c(C(=O)COC(=O)c2c(OC)cccc2OC)c(=O)n(C)c1=O. The van der Waals surface area contributed by atoms with Gasteiger partial charge in [0.05, 0.1) is 14.2 Å². The van der Waals surface area contributed by atoms with E-state index in [-0.39, 0.29) is 29.4 Å². The molecule has 0 saturated heterocycles. The average molecular weight is 405 g/mol. The van der Waals surface area contributed by atoms with E-state index in [0.717, 1.165) is 9.13 Å². The first-order valence-corrected chi connectivity index (χ1v) is 8.79. The van der Waals surface area contributed by atoms with Gasteiger partial charge in [0, 0.05) is 13.6 Å². The molecule has 0 amide bonds. The van der Waals surface area contributed by atoms with Gasteiger partial charge in [0.25, 0.3) is 5.56 Å². The fourth-order valence-corrected chi connectivity index (χ4v) is 2.81. The second kappa shape index (κ2) is 9.09. The summed E-state index contributed by atoms with van der Waals surface area (Å²) in [5.41, 5.74) is 4.02. The number of ketones is 1. The van der Waals surface area contributed by atoms with Crippen molar-refractivity contribution in [2.24, 2.45) is 7.05 Å². The maximum atomic E-state index is 12.6. The Balaban J connectivity index is 2.35. The van der Waals surface area contributed by atoms with Crippen molar-refractivity contribution in [1.82, 2.24) is 9.13 Å². The van der Waals surface area contributed by atoms with E-state index in [9.17, 15) is 19.2 Å². The van der Waals surface area contributed by atoms with Crippen LogP contribution in [0.5, 0.6) is 11.5 Å². The fourth-order valence-electron chi connectivity index (χ4n) is 2.81. The van der Waals surface area contributed by atoms with Gasteiger partial charge in [-0.15, -0.1) is 0 Å². The topological polar surface area (TPSA) is 132 Å². The lowest BCUT2D eigenvalue weighted by molar-refractivity contribution is 0.0467. The quantitative estimate of drug-likeness (QED) is 0.499. The van der Waals surface area contributed by atoms with Crippen LogP contribution in [0.4, 0.5) is 5.82 Å². The number of methoxy groups -OCH3 is 2. The lowest BCUT2D eigenvalue weighted by atomic mass is 10.1. The molecule has 0 spiro atoms. The molecule has 2 rings (SSSR count). The number of nitrogens with zero attached hydrogens (tertiary/aromatic N) is 2. The van der Waals surface area contributed by atoms with E-state index in [1.54, 1.807) is 6.07 Å². The first kappa shape index (κ1) is 21.7. The largest absolute Gasteiger partial charge is 0.496 e. The number of Topliss-reactive ketones (excluding diaryl/α,β-unsaturated/α-hetero) is 1. The highest BCUT2D eigenvalue weighted by Gasteiger charge is 2.25. The van der Waals surface area contributed by atoms with E-state index in [1.807, 2.05) is 6.92 Å². The highest BCUT2D eigenvalue weighted by Crippen LogP contribution is 2.28. The summed E-state index contributed by atoms with van der Waals surface area (Å²) in [4.78, 5) is 49.7. The van der Waals surface area contributed by atoms with Gasteiger partial charge in [-0.2, -0.15) is 0 Å². The summed E-state index contributed by atoms with van der Waals surface area (Å²) in [6.07, 6.45) is 0.568. The third-order valence-electron chi connectivity index (χ3n) is 4.28. The van der Waals surface area contributed by atoms with Crippen molar-refractivity contribution < 1.29 is 23.8 Å². The Kier molecular flexibility index (Phi) is 6.81. The number of benzene rings is 1. The van der Waals surface area contributed by atoms with E-state index in [4.69, 9.17) is 19.9 Å². The summed E-state index contributed by atoms with van der Waals surface area (Å²) in [5, 5.41) is 0. The van der Waals surface area contributed by atoms with Crippen LogP contribution in [0.3, 0.4) is 0 Å². The number of carbonyl (C=O) groups is 2. The Bertz CT molecular complexity index is 1030. The van der Waals surface area contributed by atoms with Crippen molar-refractivity contribution >= 4 is 17.6 Å². The molecule has 0 fully saturated rings. The van der Waals surface area contributed by atoms with Crippen LogP contribution >= 0.6 is 0 Å². The molecule has 1 aromatic heterocycles. The minimum Gasteiger partial charge on any atom is -0.496 e. The molecule has 0 aliphatic heterocycles. The molecule has 29 heavy (non-hydrogen) atoms. The van der Waals surface area contributed by atoms with Gasteiger partial charge in [-0.3, -0.25) is 18.7 Å². The minimum atomic E-state index is -0.870. The minimum absolute atomic E-state index is 0.00197. The Labute approximate surface area is 166 Å². The maximum Gasteiger partial charge on any atom is 0.346 e. The van der Waals surface area contributed by atoms with Crippen LogP contribution in [0.1, 0.15) is 34.1 Å². The molecule has 0 radical (unpaired) electrons. The monoisotopic (exact) mass is 405 g/mol. The highest BCUT2D eigenvalue weighted by atomic mass is 16.5. The van der Waals surface area contributed by atoms with Crippen LogP contribution in [0, 0.1) is 0 Å². The predicted molar refractivity (Wildman–Crippen MR) is 105 cm³/mol. The second-order valence-electron chi connectivity index (χ2n) is 6.10. The number of ether oxygens (including phenoxy) is 3. The summed E-state index contributed by atoms with van der Waals surface area (Å²) in [7, 11) is 3.99. The molecule has 2 aromatic rings. The number of carbonyl (C=O) groups excluding carboxylic acids is 2. The van der Waals surface area contributed by atoms with Gasteiger partial charge in [-0.05, 0) is 18.6 Å². The first-order valence-electron chi connectivity index (χ1n) is 8.79. The molecule has 0 atom stereocenters. The summed E-state index contributed by atoms with van der Waals surface area (Å²) >= 11 is 0. The summed E-state index contributed by atoms with van der Waals surface area (Å²) < 4.78 is 17.3. The van der Waals surface area contributed by atoms with Gasteiger partial charge in [0.1, 0.15) is 28.4 Å². The number of anilines is 1. The van der Waals surface area contributed by atoms with Crippen LogP contribution in [0.15, 0.2) is 27.8 Å². The number of nitrogen functional groups attached to an aromatic ring is 1. The number of esters is 1. The van der Waals surface area contributed by atoms with Crippen LogP contribution in [-0.4, -0.2) is 41.7 Å². The smallest absolute Gasteiger partial charge is 0.346 e. The normalized spacial score (nSPS) is 10.5. The maximum absolute atomic E-state index is 12.6. The average Bonchev–Trinajstić information content (AvgIpc) is 2.72. The van der Waals surface area contributed by atoms with Crippen molar-refractivity contribution in [3.05, 3.63) is 50.2 Å². The molecule has 0 unspecified atom stereocenters. The van der Waals surface area contributed by atoms with Gasteiger partial charge in [-0.25, -0.2) is 9.59 Å². The molecular weight excluding hydrogens is 382 g/mol. The van der Waals surface area contributed by atoms with Crippen molar-refractivity contribution in [3.8, 4) is 11.5 Å². The van der Waals surface area contributed by atoms with Crippen LogP contribution in [0.2, 0.25) is 0 Å². The van der Waals surface area contributed by atoms with Crippen molar-refractivity contribution in [2.75, 3.05) is 26.6 Å². The Morgan fingerprint density at radius 2 is 1.66 bits per heavy atom. The van der Waals surface area contributed by atoms with E-state index < -0.39 is 35.2 Å². The summed E-state index contributed by atoms with van der Waals surface area (Å²) in [6.45, 7) is 1.31. The van der Waals surface area contributed by atoms with Crippen molar-refractivity contribution in [3.63, 3.8) is 0 Å². The molecule has 2 N–H and O–H groups in total. The van der Waals surface area contributed by atoms with Crippen LogP contribution in [0.25, 0.3) is 0 Å². The molecule has 0 saturated carbocycles. The fraction of sp³-hybridized carbons (Fsp3) is 0.368. The molecule has 0 bridgehead atoms. The summed E-state index contributed by atoms with van der Waals surface area (Å²) in [5.74, 6) is -1.54. The Morgan fingerprint density at radius 3 is 2.17 bits per heavy atom. The van der Waals surface area contributed by atoms with Gasteiger partial charge >= 0.3 is 11.7 Å². The van der Waals surface area contributed by atoms with Crippen molar-refractivity contribution in [1.29, 1.82) is 0 Å². The first-order chi connectivity index (χ1) is 13.8. The van der Waals surface area contributed by atoms with Crippen molar-refractivity contribution in [2.45, 2.75) is 19.9 Å². The van der Waals surface area contributed by atoms with E-state index >= 15 is 0 Å². The Morgan fingerprint density at radius 1 is 1.07 bits per heavy atom. The lowest BCUT2D eigenvalue weighted by Crippen LogP contribution is -2.43. The molecule has 10 nitrogen and oxygen atoms in total. The van der Waals surface area contributed by atoms with E-state index in [0.29, 0.717) is 6.42 Å². The molecular formula is C19H23N3O7. The third-order valence-corrected chi connectivity index (χ3v) is 4.28. The molecule has 1 heterocycles. The molecule has 0 aliphatic carbocycles. The molecule has 10 heteroatoms. The number of nitrogens with two attached hydrogens (primary N) is 1. The molecule has 1 aromatic carbocycles. The van der Waals surface area contributed by atoms with Gasteiger partial charge < -0.3 is 19.9 Å². The van der Waals surface area contributed by atoms with Crippen LogP contribution < -0.4 is 26.5 Å². The molecule has 0 aliphatic rings. The van der Waals surface area contributed by atoms with E-state index in [1.165, 1.54) is 33.4 Å². The Hall–Kier alpha value is -3.56. The van der Waals surface area contributed by atoms with Gasteiger partial charge in [0.2, 0.25) is 5.78 Å². The molecule has 156 valence electrons. The standard InChI is InChI=1S/C19H23N3O7/c1-5-9-22-16(20)14(17(24)21(2)19(22)26)11(23)10-29-18(25)15-12(27-3)7-6-8-13(15)28-4/h6-8H,5,9-10,20H2,1-4H3. The number of aromatic nitrogens is 2. The number of hydrogen-bond donors (Lipinski definition) is 1. The highest BCUT2D eigenvalue weighted by molar-refractivity contribution is 6.03. The van der Waals surface area contributed by atoms with Gasteiger partial charge in [0.15, 0.2) is 6.61 Å². The van der Waals surface area contributed by atoms with Gasteiger partial charge in [-0.1, -0.05) is 13.0 Å². The number of hydrogen-bond acceptors (Lipinski definition) is 8.